The zero-order chi connectivity index (χ0) is 23.1. The summed E-state index contributed by atoms with van der Waals surface area (Å²) in [7, 11) is 0. The maximum absolute atomic E-state index is 14.4. The fourth-order valence-corrected chi connectivity index (χ4v) is 4.16. The van der Waals surface area contributed by atoms with Crippen LogP contribution in [0.2, 0.25) is 0 Å². The lowest BCUT2D eigenvalue weighted by molar-refractivity contribution is 0.194. The number of hydrogen-bond acceptors (Lipinski definition) is 7. The van der Waals surface area contributed by atoms with Crippen LogP contribution in [0.5, 0.6) is 0 Å². The Labute approximate surface area is 186 Å². The Morgan fingerprint density at radius 2 is 2.15 bits per heavy atom. The number of halogens is 2. The third-order valence-electron chi connectivity index (χ3n) is 5.60. The van der Waals surface area contributed by atoms with E-state index in [1.807, 2.05) is 0 Å². The van der Waals surface area contributed by atoms with Crippen LogP contribution in [0.25, 0.3) is 17.2 Å². The largest absolute Gasteiger partial charge is 0.393 e. The molecular weight excluding hydrogens is 432 g/mol. The number of imidazole rings is 1. The van der Waals surface area contributed by atoms with E-state index in [1.54, 1.807) is 46.9 Å². The molecule has 0 unspecified atom stereocenters. The first-order valence-electron chi connectivity index (χ1n) is 10.5. The number of H-pyrrole nitrogens is 1. The van der Waals surface area contributed by atoms with Crippen LogP contribution in [-0.4, -0.2) is 53.5 Å². The molecule has 5 rings (SSSR count). The molecule has 4 aromatic heterocycles. The van der Waals surface area contributed by atoms with Gasteiger partial charge in [-0.05, 0) is 31.2 Å². The first-order valence-corrected chi connectivity index (χ1v) is 10.5. The smallest absolute Gasteiger partial charge is 0.253 e. The third-order valence-corrected chi connectivity index (χ3v) is 5.60. The first-order chi connectivity index (χ1) is 15.9. The van der Waals surface area contributed by atoms with Crippen molar-refractivity contribution in [3.8, 4) is 11.5 Å². The predicted molar refractivity (Wildman–Crippen MR) is 116 cm³/mol. The molecule has 33 heavy (non-hydrogen) atoms. The van der Waals surface area contributed by atoms with Crippen molar-refractivity contribution in [1.82, 2.24) is 29.5 Å². The Morgan fingerprint density at radius 3 is 2.97 bits per heavy atom. The number of hydrogen-bond donors (Lipinski definition) is 2. The highest BCUT2D eigenvalue weighted by Crippen LogP contribution is 2.35. The molecule has 4 aromatic rings. The van der Waals surface area contributed by atoms with Gasteiger partial charge in [-0.15, -0.1) is 5.10 Å². The van der Waals surface area contributed by atoms with Crippen LogP contribution >= 0.6 is 0 Å². The Kier molecular flexibility index (Phi) is 5.33. The van der Waals surface area contributed by atoms with Crippen LogP contribution in [0.4, 0.5) is 14.6 Å². The van der Waals surface area contributed by atoms with Crippen LogP contribution in [0.3, 0.4) is 0 Å². The van der Waals surface area contributed by atoms with E-state index in [0.717, 1.165) is 12.3 Å². The Morgan fingerprint density at radius 1 is 1.30 bits per heavy atom. The van der Waals surface area contributed by atoms with Crippen molar-refractivity contribution in [3.05, 3.63) is 70.3 Å². The third kappa shape index (κ3) is 4.07. The summed E-state index contributed by atoms with van der Waals surface area (Å²) in [6.45, 7) is 1.70. The van der Waals surface area contributed by atoms with E-state index < -0.39 is 29.7 Å². The molecule has 0 bridgehead atoms. The van der Waals surface area contributed by atoms with Gasteiger partial charge in [0.25, 0.3) is 5.56 Å². The van der Waals surface area contributed by atoms with Crippen molar-refractivity contribution in [2.45, 2.75) is 38.1 Å². The maximum atomic E-state index is 14.4. The van der Waals surface area contributed by atoms with Gasteiger partial charge in [0, 0.05) is 36.5 Å². The van der Waals surface area contributed by atoms with Crippen molar-refractivity contribution in [2.75, 3.05) is 11.4 Å². The summed E-state index contributed by atoms with van der Waals surface area (Å²) < 4.78 is 29.8. The van der Waals surface area contributed by atoms with Gasteiger partial charge in [-0.2, -0.15) is 0 Å². The zero-order valence-electron chi connectivity index (χ0n) is 17.7. The number of aliphatic hydroxyl groups is 1. The fourth-order valence-electron chi connectivity index (χ4n) is 4.16. The molecule has 1 saturated heterocycles. The zero-order valence-corrected chi connectivity index (χ0v) is 17.7. The summed E-state index contributed by atoms with van der Waals surface area (Å²) in [4.78, 5) is 29.5. The van der Waals surface area contributed by atoms with E-state index in [2.05, 4.69) is 25.0 Å². The number of aromatic nitrogens is 6. The van der Waals surface area contributed by atoms with Crippen LogP contribution < -0.4 is 10.5 Å². The second kappa shape index (κ2) is 8.32. The predicted octanol–water partition coefficient (Wildman–Crippen LogP) is 2.23. The van der Waals surface area contributed by atoms with Gasteiger partial charge in [-0.1, -0.05) is 0 Å². The molecule has 1 aliphatic rings. The average Bonchev–Trinajstić information content (AvgIpc) is 3.38. The molecule has 3 atom stereocenters. The molecule has 1 aliphatic heterocycles. The monoisotopic (exact) mass is 453 g/mol. The Bertz CT molecular complexity index is 1370. The SMILES string of the molecule is C[C@@H](O)Cc1ccnc(-c2cnc3ccc(N4C[C@@H](F)C[C@@H]4c4cc(F)c[nH]c4=O)nn23)n1. The minimum Gasteiger partial charge on any atom is -0.393 e. The quantitative estimate of drug-likeness (QED) is 0.477. The maximum Gasteiger partial charge on any atom is 0.253 e. The number of fused-ring (bicyclic) bond motifs is 1. The molecule has 1 fully saturated rings. The summed E-state index contributed by atoms with van der Waals surface area (Å²) >= 11 is 0. The number of aliphatic hydroxyl groups excluding tert-OH is 1. The van der Waals surface area contributed by atoms with E-state index in [9.17, 15) is 18.7 Å². The normalized spacial score (nSPS) is 19.3. The van der Waals surface area contributed by atoms with Gasteiger partial charge in [-0.3, -0.25) is 4.79 Å². The summed E-state index contributed by atoms with van der Waals surface area (Å²) in [6, 6.07) is 5.61. The summed E-state index contributed by atoms with van der Waals surface area (Å²) in [5, 5.41) is 14.3. The van der Waals surface area contributed by atoms with E-state index >= 15 is 0 Å². The molecule has 0 radical (unpaired) electrons. The number of aromatic amines is 1. The van der Waals surface area contributed by atoms with Gasteiger partial charge in [-0.25, -0.2) is 28.2 Å². The van der Waals surface area contributed by atoms with E-state index in [-0.39, 0.29) is 18.5 Å². The second-order valence-corrected chi connectivity index (χ2v) is 8.13. The molecule has 0 spiro atoms. The van der Waals surface area contributed by atoms with Crippen LogP contribution in [0, 0.1) is 5.82 Å². The van der Waals surface area contributed by atoms with E-state index in [1.165, 1.54) is 0 Å². The minimum atomic E-state index is -1.20. The average molecular weight is 453 g/mol. The van der Waals surface area contributed by atoms with Crippen molar-refractivity contribution >= 4 is 11.5 Å². The summed E-state index contributed by atoms with van der Waals surface area (Å²) in [5.74, 6) is 0.199. The highest BCUT2D eigenvalue weighted by atomic mass is 19.1. The highest BCUT2D eigenvalue weighted by Gasteiger charge is 2.36. The van der Waals surface area contributed by atoms with Crippen LogP contribution in [0.1, 0.15) is 30.6 Å². The lowest BCUT2D eigenvalue weighted by Gasteiger charge is -2.25. The molecule has 5 heterocycles. The topological polar surface area (TPSA) is 112 Å². The van der Waals surface area contributed by atoms with Gasteiger partial charge in [0.2, 0.25) is 0 Å². The Balaban J connectivity index is 1.56. The number of anilines is 1. The van der Waals surface area contributed by atoms with E-state index in [0.29, 0.717) is 35.1 Å². The molecule has 170 valence electrons. The molecular formula is C22H21F2N7O2. The van der Waals surface area contributed by atoms with Crippen molar-refractivity contribution in [1.29, 1.82) is 0 Å². The Hall–Kier alpha value is -3.73. The molecule has 0 saturated carbocycles. The molecule has 0 amide bonds. The lowest BCUT2D eigenvalue weighted by Crippen LogP contribution is -2.29. The summed E-state index contributed by atoms with van der Waals surface area (Å²) in [6.07, 6.45) is 2.85. The first kappa shape index (κ1) is 21.1. The van der Waals surface area contributed by atoms with Crippen LogP contribution in [-0.2, 0) is 6.42 Å². The van der Waals surface area contributed by atoms with Gasteiger partial charge in [0.05, 0.1) is 24.9 Å². The van der Waals surface area contributed by atoms with Crippen molar-refractivity contribution in [3.63, 3.8) is 0 Å². The van der Waals surface area contributed by atoms with Gasteiger partial charge < -0.3 is 15.0 Å². The number of nitrogens with one attached hydrogen (secondary N) is 1. The van der Waals surface area contributed by atoms with Gasteiger partial charge in [0.15, 0.2) is 11.5 Å². The second-order valence-electron chi connectivity index (χ2n) is 8.13. The highest BCUT2D eigenvalue weighted by molar-refractivity contribution is 5.58. The molecule has 9 nitrogen and oxygen atoms in total. The number of rotatable bonds is 5. The lowest BCUT2D eigenvalue weighted by atomic mass is 10.1. The fraction of sp³-hybridized carbons (Fsp3) is 0.318. The number of pyridine rings is 1. The molecule has 0 aliphatic carbocycles. The minimum absolute atomic E-state index is 0.0174. The molecule has 11 heteroatoms. The number of alkyl halides is 1. The standard InChI is InChI=1S/C22H21F2N7O2/c1-12(32)6-15-4-5-25-21(28-15)18-10-26-19-2-3-20(29-31(18)19)30-11-14(24)8-17(30)16-7-13(23)9-27-22(16)33/h2-5,7,9-10,12,14,17,32H,6,8,11H2,1H3,(H,27,33)/t12-,14+,17-/m1/s1. The molecule has 2 N–H and O–H groups in total. The van der Waals surface area contributed by atoms with E-state index in [4.69, 9.17) is 0 Å². The van der Waals surface area contributed by atoms with Gasteiger partial charge >= 0.3 is 0 Å². The van der Waals surface area contributed by atoms with Crippen molar-refractivity contribution < 1.29 is 13.9 Å². The number of nitrogens with zero attached hydrogens (tertiary/aromatic N) is 6. The summed E-state index contributed by atoms with van der Waals surface area (Å²) in [5.41, 5.74) is 1.42. The van der Waals surface area contributed by atoms with Crippen LogP contribution in [0.15, 0.2) is 47.7 Å². The van der Waals surface area contributed by atoms with Gasteiger partial charge in [0.1, 0.15) is 23.5 Å². The van der Waals surface area contributed by atoms with Crippen molar-refractivity contribution in [2.24, 2.45) is 0 Å². The molecule has 0 aromatic carbocycles.